The van der Waals surface area contributed by atoms with Gasteiger partial charge in [-0.05, 0) is 49.7 Å². The zero-order valence-electron chi connectivity index (χ0n) is 15.5. The zero-order valence-corrected chi connectivity index (χ0v) is 17.8. The molecular weight excluding hydrogens is 423 g/mol. The van der Waals surface area contributed by atoms with Crippen LogP contribution in [0.4, 0.5) is 0 Å². The molecule has 2 rings (SSSR count). The largest absolute Gasteiger partial charge is 0.482 e. The fraction of sp³-hybridized carbons (Fsp3) is 0.300. The third-order valence-corrected chi connectivity index (χ3v) is 4.77. The Kier molecular flexibility index (Phi) is 8.42. The Hall–Kier alpha value is -1.95. The fourth-order valence-corrected chi connectivity index (χ4v) is 3.23. The Labute approximate surface area is 179 Å². The van der Waals surface area contributed by atoms with E-state index in [-0.39, 0.29) is 25.0 Å². The number of ether oxygens (including phenoxy) is 1. The van der Waals surface area contributed by atoms with Gasteiger partial charge in [0.15, 0.2) is 6.61 Å². The SMILES string of the molecule is CCNC(=O)[C@@H](C)N(Cc1cccc(Cl)c1)C(=O)COc1ccc(Cl)cc1Cl. The van der Waals surface area contributed by atoms with Gasteiger partial charge >= 0.3 is 0 Å². The van der Waals surface area contributed by atoms with E-state index in [1.54, 1.807) is 37.3 Å². The van der Waals surface area contributed by atoms with Crippen LogP contribution < -0.4 is 10.1 Å². The number of nitrogens with one attached hydrogen (secondary N) is 1. The second-order valence-electron chi connectivity index (χ2n) is 6.09. The fourth-order valence-electron chi connectivity index (χ4n) is 2.55. The van der Waals surface area contributed by atoms with Gasteiger partial charge in [0.25, 0.3) is 5.91 Å². The number of carbonyl (C=O) groups excluding carboxylic acids is 2. The molecule has 8 heteroatoms. The van der Waals surface area contributed by atoms with Gasteiger partial charge in [-0.15, -0.1) is 0 Å². The first-order chi connectivity index (χ1) is 13.3. The van der Waals surface area contributed by atoms with E-state index in [2.05, 4.69) is 5.32 Å². The van der Waals surface area contributed by atoms with E-state index < -0.39 is 6.04 Å². The highest BCUT2D eigenvalue weighted by Gasteiger charge is 2.26. The van der Waals surface area contributed by atoms with Crippen molar-refractivity contribution in [2.75, 3.05) is 13.2 Å². The smallest absolute Gasteiger partial charge is 0.261 e. The molecule has 1 atom stereocenters. The number of likely N-dealkylation sites (N-methyl/N-ethyl adjacent to an activating group) is 1. The number of halogens is 3. The Morgan fingerprint density at radius 1 is 1.11 bits per heavy atom. The number of nitrogens with zero attached hydrogens (tertiary/aromatic N) is 1. The molecule has 0 spiro atoms. The van der Waals surface area contributed by atoms with Gasteiger partial charge in [-0.25, -0.2) is 0 Å². The van der Waals surface area contributed by atoms with Crippen LogP contribution in [0, 0.1) is 0 Å². The number of hydrogen-bond acceptors (Lipinski definition) is 3. The number of rotatable bonds is 8. The van der Waals surface area contributed by atoms with Crippen molar-refractivity contribution in [1.29, 1.82) is 0 Å². The molecule has 0 aliphatic rings. The normalized spacial score (nSPS) is 11.6. The van der Waals surface area contributed by atoms with Crippen molar-refractivity contribution in [3.8, 4) is 5.75 Å². The average Bonchev–Trinajstić information content (AvgIpc) is 2.65. The molecule has 2 amide bonds. The van der Waals surface area contributed by atoms with Crippen molar-refractivity contribution in [1.82, 2.24) is 10.2 Å². The first-order valence-corrected chi connectivity index (χ1v) is 9.84. The molecule has 5 nitrogen and oxygen atoms in total. The second-order valence-corrected chi connectivity index (χ2v) is 7.37. The summed E-state index contributed by atoms with van der Waals surface area (Å²) in [5.74, 6) is -0.264. The van der Waals surface area contributed by atoms with Gasteiger partial charge in [0.1, 0.15) is 11.8 Å². The Morgan fingerprint density at radius 2 is 1.82 bits per heavy atom. The highest BCUT2D eigenvalue weighted by Crippen LogP contribution is 2.27. The summed E-state index contributed by atoms with van der Waals surface area (Å²) in [6.07, 6.45) is 0. The molecular formula is C20H21Cl3N2O3. The molecule has 0 saturated carbocycles. The van der Waals surface area contributed by atoms with Crippen molar-refractivity contribution < 1.29 is 14.3 Å². The molecule has 0 heterocycles. The van der Waals surface area contributed by atoms with Crippen LogP contribution in [0.15, 0.2) is 42.5 Å². The van der Waals surface area contributed by atoms with E-state index in [1.165, 1.54) is 11.0 Å². The predicted octanol–water partition coefficient (Wildman–Crippen LogP) is 4.58. The third-order valence-electron chi connectivity index (χ3n) is 4.01. The predicted molar refractivity (Wildman–Crippen MR) is 112 cm³/mol. The molecule has 28 heavy (non-hydrogen) atoms. The van der Waals surface area contributed by atoms with Gasteiger partial charge < -0.3 is 15.0 Å². The van der Waals surface area contributed by atoms with Crippen molar-refractivity contribution in [2.45, 2.75) is 26.4 Å². The summed E-state index contributed by atoms with van der Waals surface area (Å²) in [4.78, 5) is 26.6. The van der Waals surface area contributed by atoms with Crippen LogP contribution in [0.3, 0.4) is 0 Å². The quantitative estimate of drug-likeness (QED) is 0.650. The van der Waals surface area contributed by atoms with Crippen LogP contribution in [0.2, 0.25) is 15.1 Å². The van der Waals surface area contributed by atoms with E-state index >= 15 is 0 Å². The number of carbonyl (C=O) groups is 2. The summed E-state index contributed by atoms with van der Waals surface area (Å²) in [5.41, 5.74) is 0.807. The minimum absolute atomic E-state index is 0.218. The summed E-state index contributed by atoms with van der Waals surface area (Å²) in [7, 11) is 0. The molecule has 0 unspecified atom stereocenters. The molecule has 2 aromatic carbocycles. The molecule has 0 aromatic heterocycles. The first-order valence-electron chi connectivity index (χ1n) is 8.71. The summed E-state index contributed by atoms with van der Waals surface area (Å²) >= 11 is 18.0. The molecule has 1 N–H and O–H groups in total. The van der Waals surface area contributed by atoms with E-state index in [9.17, 15) is 9.59 Å². The van der Waals surface area contributed by atoms with Crippen LogP contribution >= 0.6 is 34.8 Å². The standard InChI is InChI=1S/C20H21Cl3N2O3/c1-3-24-20(27)13(2)25(11-14-5-4-6-15(21)9-14)19(26)12-28-18-8-7-16(22)10-17(18)23/h4-10,13H,3,11-12H2,1-2H3,(H,24,27)/t13-/m1/s1. The Balaban J connectivity index is 2.16. The third kappa shape index (κ3) is 6.30. The maximum atomic E-state index is 12.9. The lowest BCUT2D eigenvalue weighted by molar-refractivity contribution is -0.142. The highest BCUT2D eigenvalue weighted by atomic mass is 35.5. The maximum Gasteiger partial charge on any atom is 0.261 e. The maximum absolute atomic E-state index is 12.9. The van der Waals surface area contributed by atoms with Crippen molar-refractivity contribution in [3.05, 3.63) is 63.1 Å². The lowest BCUT2D eigenvalue weighted by Gasteiger charge is -2.28. The van der Waals surface area contributed by atoms with Gasteiger partial charge in [0.05, 0.1) is 5.02 Å². The summed E-state index contributed by atoms with van der Waals surface area (Å²) < 4.78 is 5.55. The molecule has 2 aromatic rings. The van der Waals surface area contributed by atoms with Gasteiger partial charge in [-0.3, -0.25) is 9.59 Å². The molecule has 0 fully saturated rings. The van der Waals surface area contributed by atoms with E-state index in [0.29, 0.717) is 27.4 Å². The van der Waals surface area contributed by atoms with Crippen molar-refractivity contribution in [2.24, 2.45) is 0 Å². The Bertz CT molecular complexity index is 845. The number of hydrogen-bond donors (Lipinski definition) is 1. The number of amides is 2. The summed E-state index contributed by atoms with van der Waals surface area (Å²) in [5, 5.41) is 4.06. The van der Waals surface area contributed by atoms with Crippen LogP contribution in [-0.4, -0.2) is 35.9 Å². The lowest BCUT2D eigenvalue weighted by Crippen LogP contribution is -2.49. The molecule has 0 radical (unpaired) electrons. The van der Waals surface area contributed by atoms with Crippen molar-refractivity contribution in [3.63, 3.8) is 0 Å². The highest BCUT2D eigenvalue weighted by molar-refractivity contribution is 6.35. The summed E-state index contributed by atoms with van der Waals surface area (Å²) in [6.45, 7) is 3.91. The van der Waals surface area contributed by atoms with Crippen LogP contribution in [0.5, 0.6) is 5.75 Å². The molecule has 0 saturated heterocycles. The van der Waals surface area contributed by atoms with Crippen LogP contribution in [-0.2, 0) is 16.1 Å². The van der Waals surface area contributed by atoms with Crippen molar-refractivity contribution >= 4 is 46.6 Å². The first kappa shape index (κ1) is 22.3. The molecule has 0 aliphatic heterocycles. The number of benzene rings is 2. The van der Waals surface area contributed by atoms with Crippen LogP contribution in [0.25, 0.3) is 0 Å². The van der Waals surface area contributed by atoms with Gasteiger partial charge in [0, 0.05) is 23.1 Å². The minimum atomic E-state index is -0.685. The topological polar surface area (TPSA) is 58.6 Å². The van der Waals surface area contributed by atoms with Gasteiger partial charge in [-0.2, -0.15) is 0 Å². The van der Waals surface area contributed by atoms with Crippen LogP contribution in [0.1, 0.15) is 19.4 Å². The van der Waals surface area contributed by atoms with Gasteiger partial charge in [-0.1, -0.05) is 46.9 Å². The molecule has 0 bridgehead atoms. The van der Waals surface area contributed by atoms with E-state index in [0.717, 1.165) is 5.56 Å². The van der Waals surface area contributed by atoms with Gasteiger partial charge in [0.2, 0.25) is 5.91 Å². The second kappa shape index (κ2) is 10.6. The lowest BCUT2D eigenvalue weighted by atomic mass is 10.1. The average molecular weight is 444 g/mol. The van der Waals surface area contributed by atoms with E-state index in [4.69, 9.17) is 39.5 Å². The molecule has 0 aliphatic carbocycles. The minimum Gasteiger partial charge on any atom is -0.482 e. The summed E-state index contributed by atoms with van der Waals surface area (Å²) in [6, 6.07) is 11.2. The van der Waals surface area contributed by atoms with E-state index in [1.807, 2.05) is 13.0 Å². The monoisotopic (exact) mass is 442 g/mol. The molecule has 150 valence electrons. The Morgan fingerprint density at radius 3 is 2.46 bits per heavy atom. The zero-order chi connectivity index (χ0) is 20.7.